The number of hydrogen-bond donors (Lipinski definition) is 3. The largest absolute Gasteiger partial charge is 0.453 e. The van der Waals surface area contributed by atoms with Gasteiger partial charge in [-0.15, -0.1) is 0 Å². The van der Waals surface area contributed by atoms with Crippen LogP contribution in [0.25, 0.3) is 21.9 Å². The third-order valence-corrected chi connectivity index (χ3v) is 14.8. The van der Waals surface area contributed by atoms with Crippen molar-refractivity contribution in [2.45, 2.75) is 44.1 Å². The van der Waals surface area contributed by atoms with Crippen LogP contribution in [0.4, 0.5) is 30.8 Å². The molecule has 0 bridgehead atoms. The van der Waals surface area contributed by atoms with Gasteiger partial charge in [0.05, 0.1) is 40.2 Å². The lowest BCUT2D eigenvalue weighted by Crippen LogP contribution is -2.72. The lowest BCUT2D eigenvalue weighted by molar-refractivity contribution is -0.140. The SMILES string of the molecule is CN(CCO)S(=O)(=O)Nc1ccc(F)c(Oc2ccc3ncc(C4CC5(C4)CN(C4CC6(C4)CN(c4cc7c(cc4F)c(N4CCC(=O)NC4=O)nn7C)C6)C5)nc3c2)c1C#N. The van der Waals surface area contributed by atoms with Crippen molar-refractivity contribution in [1.82, 2.24) is 34.3 Å². The smallest absolute Gasteiger partial charge is 0.329 e. The molecule has 3 saturated heterocycles. The number of rotatable bonds is 11. The van der Waals surface area contributed by atoms with Crippen LogP contribution < -0.4 is 24.6 Å². The number of benzene rings is 3. The zero-order chi connectivity index (χ0) is 43.3. The predicted molar refractivity (Wildman–Crippen MR) is 223 cm³/mol. The number of imide groups is 1. The Morgan fingerprint density at radius 3 is 2.52 bits per heavy atom. The van der Waals surface area contributed by atoms with Crippen molar-refractivity contribution < 1.29 is 36.6 Å². The Labute approximate surface area is 355 Å². The highest BCUT2D eigenvalue weighted by Gasteiger charge is 2.60. The number of aromatic nitrogens is 4. The maximum atomic E-state index is 15.6. The van der Waals surface area contributed by atoms with Gasteiger partial charge in [0.2, 0.25) is 5.91 Å². The van der Waals surface area contributed by atoms with E-state index in [0.29, 0.717) is 39.5 Å². The molecule has 3 aromatic carbocycles. The number of nitrogens with zero attached hydrogens (tertiary/aromatic N) is 9. The standard InChI is InChI=1S/C42H43F2N11O6S/c1-51(9-10-56)62(59,60)50-31-6-4-29(43)38(28(31)18-45)61-26-3-5-32-33(11-26)47-34(19-46-32)24-14-41(15-24)20-53(21-41)25-16-42(17-25)22-54(23-42)36-13-35-27(12-30(36)44)39(49-52(35)2)55-8-7-37(57)48-40(55)58/h3-6,11-13,19,24-25,50,56H,7-10,14-17,20-23H2,1-2H3,(H,48,57,58). The highest BCUT2D eigenvalue weighted by atomic mass is 32.2. The van der Waals surface area contributed by atoms with E-state index in [-0.39, 0.29) is 65.0 Å². The summed E-state index contributed by atoms with van der Waals surface area (Å²) in [7, 11) is -1.12. The van der Waals surface area contributed by atoms with E-state index >= 15 is 8.78 Å². The van der Waals surface area contributed by atoms with Crippen LogP contribution in [0.15, 0.2) is 48.7 Å². The zero-order valence-electron chi connectivity index (χ0n) is 33.9. The number of fused-ring (bicyclic) bond motifs is 2. The van der Waals surface area contributed by atoms with Gasteiger partial charge in [-0.3, -0.25) is 34.3 Å². The number of likely N-dealkylation sites (N-methyl/N-ethyl adjacent to an activating group) is 1. The molecule has 2 spiro atoms. The van der Waals surface area contributed by atoms with Gasteiger partial charge in [0.25, 0.3) is 0 Å². The number of halogens is 2. The molecule has 62 heavy (non-hydrogen) atoms. The van der Waals surface area contributed by atoms with Crippen LogP contribution in [0, 0.1) is 33.8 Å². The summed E-state index contributed by atoms with van der Waals surface area (Å²) in [5.74, 6) is -1.22. The van der Waals surface area contributed by atoms with E-state index in [1.54, 1.807) is 36.1 Å². The summed E-state index contributed by atoms with van der Waals surface area (Å²) in [6.45, 7) is 3.24. The third kappa shape index (κ3) is 6.74. The summed E-state index contributed by atoms with van der Waals surface area (Å²) in [4.78, 5) is 39.7. The number of urea groups is 1. The van der Waals surface area contributed by atoms with Crippen LogP contribution in [0.3, 0.4) is 0 Å². The zero-order valence-corrected chi connectivity index (χ0v) is 34.8. The topological polar surface area (TPSA) is 202 Å². The number of aliphatic hydroxyl groups excluding tert-OH is 1. The minimum absolute atomic E-state index is 0.156. The molecule has 0 atom stereocenters. The lowest BCUT2D eigenvalue weighted by Gasteiger charge is -2.67. The molecule has 5 fully saturated rings. The molecule has 5 aromatic rings. The van der Waals surface area contributed by atoms with Crippen molar-refractivity contribution in [1.29, 1.82) is 5.26 Å². The van der Waals surface area contributed by atoms with Crippen molar-refractivity contribution in [2.24, 2.45) is 17.9 Å². The number of aryl methyl sites for hydroxylation is 1. The van der Waals surface area contributed by atoms with E-state index in [1.807, 2.05) is 12.1 Å². The Hall–Kier alpha value is -6.01. The number of nitriles is 1. The van der Waals surface area contributed by atoms with Crippen molar-refractivity contribution in [3.63, 3.8) is 0 Å². The third-order valence-electron chi connectivity index (χ3n) is 13.3. The molecule has 2 saturated carbocycles. The first kappa shape index (κ1) is 40.1. The molecule has 3 amide bonds. The number of hydrogen-bond acceptors (Lipinski definition) is 12. The van der Waals surface area contributed by atoms with Crippen molar-refractivity contribution in [3.8, 4) is 17.6 Å². The second kappa shape index (κ2) is 14.5. The summed E-state index contributed by atoms with van der Waals surface area (Å²) in [5, 5.41) is 26.4. The molecule has 10 rings (SSSR count). The first-order chi connectivity index (χ1) is 29.7. The lowest BCUT2D eigenvalue weighted by atomic mass is 9.54. The number of anilines is 3. The Balaban J connectivity index is 0.738. The van der Waals surface area contributed by atoms with Crippen LogP contribution in [0.1, 0.15) is 49.3 Å². The summed E-state index contributed by atoms with van der Waals surface area (Å²) >= 11 is 0. The molecule has 5 heterocycles. The fourth-order valence-electron chi connectivity index (χ4n) is 10.1. The van der Waals surface area contributed by atoms with E-state index in [2.05, 4.69) is 29.9 Å². The Bertz CT molecular complexity index is 2840. The number of ether oxygens (including phenoxy) is 1. The van der Waals surface area contributed by atoms with Gasteiger partial charge >= 0.3 is 16.2 Å². The summed E-state index contributed by atoms with van der Waals surface area (Å²) in [5.41, 5.74) is 3.18. The van der Waals surface area contributed by atoms with Crippen molar-refractivity contribution >= 4 is 61.3 Å². The van der Waals surface area contributed by atoms with Crippen LogP contribution in [0.5, 0.6) is 11.5 Å². The monoisotopic (exact) mass is 867 g/mol. The van der Waals surface area contributed by atoms with E-state index < -0.39 is 34.4 Å². The molecule has 17 nitrogen and oxygen atoms in total. The maximum absolute atomic E-state index is 15.6. The first-order valence-corrected chi connectivity index (χ1v) is 21.9. The molecule has 5 aliphatic rings. The van der Waals surface area contributed by atoms with Crippen LogP contribution >= 0.6 is 0 Å². The number of amides is 3. The predicted octanol–water partition coefficient (Wildman–Crippen LogP) is 4.33. The molecule has 2 aromatic heterocycles. The van der Waals surface area contributed by atoms with E-state index in [1.165, 1.54) is 18.0 Å². The molecule has 0 radical (unpaired) electrons. The number of aliphatic hydroxyl groups is 1. The molecule has 0 unspecified atom stereocenters. The van der Waals surface area contributed by atoms with Gasteiger partial charge in [-0.05, 0) is 67.5 Å². The van der Waals surface area contributed by atoms with E-state index in [0.717, 1.165) is 74.0 Å². The van der Waals surface area contributed by atoms with Gasteiger partial charge in [-0.2, -0.15) is 23.1 Å². The molecule has 3 N–H and O–H groups in total. The molecular formula is C42H43F2N11O6S. The highest BCUT2D eigenvalue weighted by molar-refractivity contribution is 7.90. The Kier molecular flexibility index (Phi) is 9.40. The fourth-order valence-corrected chi connectivity index (χ4v) is 11.0. The minimum atomic E-state index is -4.14. The van der Waals surface area contributed by atoms with Gasteiger partial charge in [0, 0.05) is 94.8 Å². The Morgan fingerprint density at radius 2 is 1.79 bits per heavy atom. The quantitative estimate of drug-likeness (QED) is 0.170. The van der Waals surface area contributed by atoms with Crippen LogP contribution in [0.2, 0.25) is 0 Å². The fraction of sp³-hybridized carbons (Fsp3) is 0.429. The van der Waals surface area contributed by atoms with Crippen LogP contribution in [-0.4, -0.2) is 113 Å². The molecular weight excluding hydrogens is 825 g/mol. The van der Waals surface area contributed by atoms with Crippen molar-refractivity contribution in [2.75, 3.05) is 67.4 Å². The number of likely N-dealkylation sites (tertiary alicyclic amines) is 1. The summed E-state index contributed by atoms with van der Waals surface area (Å²) in [6.07, 6.45) is 6.10. The highest BCUT2D eigenvalue weighted by Crippen LogP contribution is 2.60. The van der Waals surface area contributed by atoms with Crippen LogP contribution in [-0.2, 0) is 22.1 Å². The number of carbonyl (C=O) groups excluding carboxylic acids is 2. The maximum Gasteiger partial charge on any atom is 0.329 e. The molecule has 2 aliphatic carbocycles. The first-order valence-electron chi connectivity index (χ1n) is 20.4. The van der Waals surface area contributed by atoms with Gasteiger partial charge < -0.3 is 14.7 Å². The normalized spacial score (nSPS) is 20.8. The van der Waals surface area contributed by atoms with Gasteiger partial charge in [0.15, 0.2) is 17.4 Å². The minimum Gasteiger partial charge on any atom is -0.453 e. The molecule has 3 aliphatic heterocycles. The molecule has 322 valence electrons. The average molecular weight is 868 g/mol. The second-order valence-electron chi connectivity index (χ2n) is 17.6. The number of nitrogens with one attached hydrogen (secondary N) is 2. The van der Waals surface area contributed by atoms with E-state index in [4.69, 9.17) is 14.8 Å². The van der Waals surface area contributed by atoms with E-state index in [9.17, 15) is 23.3 Å². The average Bonchev–Trinajstić information content (AvgIpc) is 3.48. The summed E-state index contributed by atoms with van der Waals surface area (Å²) in [6, 6.07) is 12.1. The summed E-state index contributed by atoms with van der Waals surface area (Å²) < 4.78 is 66.7. The second-order valence-corrected chi connectivity index (χ2v) is 19.3. The van der Waals surface area contributed by atoms with Crippen molar-refractivity contribution in [3.05, 3.63) is 71.6 Å². The number of carbonyl (C=O) groups is 2. The Morgan fingerprint density at radius 1 is 1.03 bits per heavy atom. The van der Waals surface area contributed by atoms with Gasteiger partial charge in [0.1, 0.15) is 23.2 Å². The van der Waals surface area contributed by atoms with Gasteiger partial charge in [-0.25, -0.2) is 18.6 Å². The van der Waals surface area contributed by atoms with Gasteiger partial charge in [-0.1, -0.05) is 0 Å². The molecule has 20 heteroatoms.